The highest BCUT2D eigenvalue weighted by Gasteiger charge is 2.03. The third kappa shape index (κ3) is 2.34. The van der Waals surface area contributed by atoms with Crippen LogP contribution < -0.4 is 5.32 Å². The Labute approximate surface area is 92.2 Å². The molecule has 0 aliphatic carbocycles. The van der Waals surface area contributed by atoms with Crippen molar-refractivity contribution < 1.29 is 4.74 Å². The molecule has 8 heteroatoms. The molecule has 0 spiro atoms. The van der Waals surface area contributed by atoms with Crippen LogP contribution in [0.5, 0.6) is 0 Å². The molecule has 0 radical (unpaired) electrons. The van der Waals surface area contributed by atoms with Crippen molar-refractivity contribution in [2.45, 2.75) is 6.54 Å². The van der Waals surface area contributed by atoms with Gasteiger partial charge in [-0.3, -0.25) is 4.68 Å². The summed E-state index contributed by atoms with van der Waals surface area (Å²) in [6, 6.07) is 0. The van der Waals surface area contributed by atoms with E-state index in [1.165, 1.54) is 0 Å². The largest absolute Gasteiger partial charge is 0.383 e. The molecule has 0 atom stereocenters. The quantitative estimate of drug-likeness (QED) is 0.755. The monoisotopic (exact) mass is 223 g/mol. The number of rotatable bonds is 5. The van der Waals surface area contributed by atoms with Crippen LogP contribution >= 0.6 is 0 Å². The van der Waals surface area contributed by atoms with Crippen LogP contribution in [-0.2, 0) is 18.3 Å². The molecule has 0 aliphatic heterocycles. The van der Waals surface area contributed by atoms with Crippen molar-refractivity contribution in [3.63, 3.8) is 0 Å². The van der Waals surface area contributed by atoms with Crippen LogP contribution in [0.25, 0.3) is 0 Å². The van der Waals surface area contributed by atoms with Gasteiger partial charge in [0.05, 0.1) is 25.0 Å². The molecule has 8 nitrogen and oxygen atoms in total. The van der Waals surface area contributed by atoms with Crippen LogP contribution in [0, 0.1) is 0 Å². The second-order valence-electron chi connectivity index (χ2n) is 3.24. The Morgan fingerprint density at radius 3 is 3.06 bits per heavy atom. The van der Waals surface area contributed by atoms with Crippen molar-refractivity contribution in [1.82, 2.24) is 30.0 Å². The Kier molecular flexibility index (Phi) is 3.10. The minimum Gasteiger partial charge on any atom is -0.383 e. The highest BCUT2D eigenvalue weighted by Crippen LogP contribution is 2.10. The first-order valence-electron chi connectivity index (χ1n) is 4.80. The molecule has 2 aromatic heterocycles. The van der Waals surface area contributed by atoms with E-state index in [0.29, 0.717) is 12.6 Å². The van der Waals surface area contributed by atoms with Crippen LogP contribution in [0.3, 0.4) is 0 Å². The van der Waals surface area contributed by atoms with E-state index in [0.717, 1.165) is 12.2 Å². The zero-order chi connectivity index (χ0) is 11.4. The van der Waals surface area contributed by atoms with E-state index in [1.54, 1.807) is 29.7 Å². The van der Waals surface area contributed by atoms with Gasteiger partial charge in [-0.2, -0.15) is 5.10 Å². The van der Waals surface area contributed by atoms with Crippen molar-refractivity contribution in [2.24, 2.45) is 7.05 Å². The van der Waals surface area contributed by atoms with E-state index < -0.39 is 0 Å². The number of aryl methyl sites for hydroxylation is 1. The maximum Gasteiger partial charge on any atom is 0.247 e. The van der Waals surface area contributed by atoms with Crippen LogP contribution in [0.1, 0.15) is 0 Å². The standard InChI is InChI=1S/C8H13N7O/c1-14-8(11-12-13-14)10-7-5-9-15(6-7)3-4-16-2/h5-6H,3-4H2,1-2H3,(H,10,11,13). The third-order valence-electron chi connectivity index (χ3n) is 2.03. The van der Waals surface area contributed by atoms with Crippen molar-refractivity contribution in [3.8, 4) is 0 Å². The number of aromatic nitrogens is 6. The fourth-order valence-corrected chi connectivity index (χ4v) is 1.20. The topological polar surface area (TPSA) is 82.7 Å². The summed E-state index contributed by atoms with van der Waals surface area (Å²) >= 11 is 0. The van der Waals surface area contributed by atoms with Gasteiger partial charge in [0, 0.05) is 20.4 Å². The summed E-state index contributed by atoms with van der Waals surface area (Å²) in [7, 11) is 3.42. The lowest BCUT2D eigenvalue weighted by Gasteiger charge is -2.00. The summed E-state index contributed by atoms with van der Waals surface area (Å²) in [5.74, 6) is 0.575. The molecular formula is C8H13N7O. The molecule has 0 saturated heterocycles. The Morgan fingerprint density at radius 2 is 2.38 bits per heavy atom. The molecule has 0 aliphatic rings. The van der Waals surface area contributed by atoms with E-state index in [2.05, 4.69) is 25.9 Å². The van der Waals surface area contributed by atoms with Crippen LogP contribution in [-0.4, -0.2) is 43.7 Å². The van der Waals surface area contributed by atoms with Crippen molar-refractivity contribution in [1.29, 1.82) is 0 Å². The molecule has 2 heterocycles. The molecule has 16 heavy (non-hydrogen) atoms. The van der Waals surface area contributed by atoms with Gasteiger partial charge in [-0.05, 0) is 10.4 Å². The van der Waals surface area contributed by atoms with Gasteiger partial charge in [-0.15, -0.1) is 0 Å². The first kappa shape index (κ1) is 10.6. The van der Waals surface area contributed by atoms with E-state index in [4.69, 9.17) is 4.74 Å². The Hall–Kier alpha value is -1.96. The maximum atomic E-state index is 4.96. The minimum absolute atomic E-state index is 0.575. The first-order valence-corrected chi connectivity index (χ1v) is 4.80. The zero-order valence-corrected chi connectivity index (χ0v) is 9.16. The fraction of sp³-hybridized carbons (Fsp3) is 0.500. The van der Waals surface area contributed by atoms with Gasteiger partial charge in [0.25, 0.3) is 0 Å². The molecule has 0 bridgehead atoms. The molecule has 0 saturated carbocycles. The van der Waals surface area contributed by atoms with Crippen LogP contribution in [0.2, 0.25) is 0 Å². The Balaban J connectivity index is 2.00. The molecule has 0 amide bonds. The number of methoxy groups -OCH3 is 1. The molecule has 0 aromatic carbocycles. The predicted octanol–water partition coefficient (Wildman–Crippen LogP) is -0.203. The number of ether oxygens (including phenoxy) is 1. The summed E-state index contributed by atoms with van der Waals surface area (Å²) in [4.78, 5) is 0. The highest BCUT2D eigenvalue weighted by atomic mass is 16.5. The SMILES string of the molecule is COCCn1cc(Nc2nnnn2C)cn1. The number of tetrazole rings is 1. The number of nitrogens with zero attached hydrogens (tertiary/aromatic N) is 6. The lowest BCUT2D eigenvalue weighted by molar-refractivity contribution is 0.183. The average Bonchev–Trinajstić information content (AvgIpc) is 2.87. The number of anilines is 2. The number of nitrogens with one attached hydrogen (secondary N) is 1. The Morgan fingerprint density at radius 1 is 1.50 bits per heavy atom. The molecule has 0 unspecified atom stereocenters. The molecule has 0 fully saturated rings. The molecular weight excluding hydrogens is 210 g/mol. The summed E-state index contributed by atoms with van der Waals surface area (Å²) in [5.41, 5.74) is 0.842. The lowest BCUT2D eigenvalue weighted by atomic mass is 10.5. The van der Waals surface area contributed by atoms with E-state index in [1.807, 2.05) is 6.20 Å². The summed E-state index contributed by atoms with van der Waals surface area (Å²) < 4.78 is 8.30. The normalized spacial score (nSPS) is 10.6. The third-order valence-corrected chi connectivity index (χ3v) is 2.03. The van der Waals surface area contributed by atoms with Gasteiger partial charge < -0.3 is 10.1 Å². The lowest BCUT2D eigenvalue weighted by Crippen LogP contribution is -2.04. The summed E-state index contributed by atoms with van der Waals surface area (Å²) in [6.45, 7) is 1.35. The molecule has 1 N–H and O–H groups in total. The van der Waals surface area contributed by atoms with Crippen molar-refractivity contribution in [3.05, 3.63) is 12.4 Å². The number of hydrogen-bond donors (Lipinski definition) is 1. The fourth-order valence-electron chi connectivity index (χ4n) is 1.20. The van der Waals surface area contributed by atoms with Gasteiger partial charge in [0.1, 0.15) is 0 Å². The number of hydrogen-bond acceptors (Lipinski definition) is 6. The van der Waals surface area contributed by atoms with Gasteiger partial charge in [-0.1, -0.05) is 5.10 Å². The van der Waals surface area contributed by atoms with Gasteiger partial charge in [0.15, 0.2) is 0 Å². The molecule has 2 aromatic rings. The van der Waals surface area contributed by atoms with E-state index in [9.17, 15) is 0 Å². The van der Waals surface area contributed by atoms with Crippen molar-refractivity contribution in [2.75, 3.05) is 19.0 Å². The van der Waals surface area contributed by atoms with E-state index >= 15 is 0 Å². The Bertz CT molecular complexity index is 449. The van der Waals surface area contributed by atoms with Crippen molar-refractivity contribution >= 4 is 11.6 Å². The van der Waals surface area contributed by atoms with Crippen LogP contribution in [0.4, 0.5) is 11.6 Å². The smallest absolute Gasteiger partial charge is 0.247 e. The average molecular weight is 223 g/mol. The molecule has 86 valence electrons. The van der Waals surface area contributed by atoms with Gasteiger partial charge >= 0.3 is 0 Å². The molecule has 2 rings (SSSR count). The van der Waals surface area contributed by atoms with E-state index in [-0.39, 0.29) is 0 Å². The second-order valence-corrected chi connectivity index (χ2v) is 3.24. The minimum atomic E-state index is 0.575. The summed E-state index contributed by atoms with van der Waals surface area (Å²) in [6.07, 6.45) is 3.58. The van der Waals surface area contributed by atoms with Gasteiger partial charge in [0.2, 0.25) is 5.95 Å². The second kappa shape index (κ2) is 4.71. The zero-order valence-electron chi connectivity index (χ0n) is 9.16. The highest BCUT2D eigenvalue weighted by molar-refractivity contribution is 5.49. The van der Waals surface area contributed by atoms with Crippen LogP contribution in [0.15, 0.2) is 12.4 Å². The summed E-state index contributed by atoms with van der Waals surface area (Å²) in [5, 5.41) is 18.3. The van der Waals surface area contributed by atoms with Gasteiger partial charge in [-0.25, -0.2) is 4.68 Å². The first-order chi connectivity index (χ1) is 7.79. The maximum absolute atomic E-state index is 4.96. The predicted molar refractivity (Wildman–Crippen MR) is 56.2 cm³/mol.